The van der Waals surface area contributed by atoms with E-state index in [9.17, 15) is 14.4 Å². The number of ether oxygens (including phenoxy) is 1. The van der Waals surface area contributed by atoms with Gasteiger partial charge >= 0.3 is 6.09 Å². The lowest BCUT2D eigenvalue weighted by molar-refractivity contribution is -0.126. The van der Waals surface area contributed by atoms with Gasteiger partial charge in [0.15, 0.2) is 0 Å². The van der Waals surface area contributed by atoms with Crippen LogP contribution in [0.4, 0.5) is 4.79 Å². The molecule has 0 bridgehead atoms. The molecule has 0 saturated carbocycles. The van der Waals surface area contributed by atoms with Crippen molar-refractivity contribution >= 4 is 17.9 Å². The van der Waals surface area contributed by atoms with Gasteiger partial charge in [0, 0.05) is 6.42 Å². The molecule has 136 valence electrons. The fraction of sp³-hybridized carbons (Fsp3) is 0.211. The molecule has 0 radical (unpaired) electrons. The van der Waals surface area contributed by atoms with Crippen molar-refractivity contribution in [2.75, 3.05) is 6.54 Å². The second-order valence-corrected chi connectivity index (χ2v) is 5.63. The van der Waals surface area contributed by atoms with E-state index in [0.717, 1.165) is 11.1 Å². The smallest absolute Gasteiger partial charge is 0.407 e. The maximum atomic E-state index is 11.9. The zero-order valence-electron chi connectivity index (χ0n) is 14.2. The topological polar surface area (TPSA) is 111 Å². The molecular formula is C19H21N3O4. The summed E-state index contributed by atoms with van der Waals surface area (Å²) in [7, 11) is 0. The molecule has 7 nitrogen and oxygen atoms in total. The third kappa shape index (κ3) is 6.64. The van der Waals surface area contributed by atoms with Crippen LogP contribution in [0.3, 0.4) is 0 Å². The summed E-state index contributed by atoms with van der Waals surface area (Å²) in [5.74, 6) is -1.17. The predicted molar refractivity (Wildman–Crippen MR) is 95.9 cm³/mol. The minimum absolute atomic E-state index is 0.103. The van der Waals surface area contributed by atoms with Crippen LogP contribution in [0.1, 0.15) is 11.1 Å². The summed E-state index contributed by atoms with van der Waals surface area (Å²) in [6, 6.07) is 17.5. The van der Waals surface area contributed by atoms with E-state index in [2.05, 4.69) is 10.6 Å². The van der Waals surface area contributed by atoms with Gasteiger partial charge in [0.1, 0.15) is 19.2 Å². The highest BCUT2D eigenvalue weighted by molar-refractivity contribution is 5.88. The van der Waals surface area contributed by atoms with Crippen LogP contribution in [0.25, 0.3) is 0 Å². The first kappa shape index (κ1) is 19.0. The van der Waals surface area contributed by atoms with E-state index in [4.69, 9.17) is 10.5 Å². The van der Waals surface area contributed by atoms with E-state index in [1.807, 2.05) is 60.7 Å². The van der Waals surface area contributed by atoms with Crippen LogP contribution in [0.2, 0.25) is 0 Å². The van der Waals surface area contributed by atoms with E-state index in [1.54, 1.807) is 0 Å². The number of rotatable bonds is 8. The lowest BCUT2D eigenvalue weighted by Gasteiger charge is -2.16. The Hall–Kier alpha value is -3.35. The van der Waals surface area contributed by atoms with Crippen LogP contribution in [0.15, 0.2) is 60.7 Å². The van der Waals surface area contributed by atoms with Gasteiger partial charge in [-0.1, -0.05) is 60.7 Å². The summed E-state index contributed by atoms with van der Waals surface area (Å²) in [5, 5.41) is 4.85. The van der Waals surface area contributed by atoms with Crippen molar-refractivity contribution in [3.8, 4) is 0 Å². The largest absolute Gasteiger partial charge is 0.445 e. The number of alkyl carbamates (subject to hydrolysis) is 1. The van der Waals surface area contributed by atoms with Gasteiger partial charge in [0.25, 0.3) is 0 Å². The highest BCUT2D eigenvalue weighted by atomic mass is 16.5. The molecule has 0 aliphatic carbocycles. The highest BCUT2D eigenvalue weighted by Crippen LogP contribution is 2.03. The monoisotopic (exact) mass is 355 g/mol. The third-order valence-corrected chi connectivity index (χ3v) is 3.57. The molecule has 2 aromatic carbocycles. The van der Waals surface area contributed by atoms with Gasteiger partial charge in [-0.25, -0.2) is 4.79 Å². The Labute approximate surface area is 151 Å². The first-order chi connectivity index (χ1) is 12.5. The van der Waals surface area contributed by atoms with Crippen LogP contribution >= 0.6 is 0 Å². The Bertz CT molecular complexity index is 735. The molecule has 0 saturated heterocycles. The molecule has 0 heterocycles. The second kappa shape index (κ2) is 9.83. The van der Waals surface area contributed by atoms with E-state index in [0.29, 0.717) is 0 Å². The summed E-state index contributed by atoms with van der Waals surface area (Å²) in [5.41, 5.74) is 7.04. The Morgan fingerprint density at radius 2 is 1.50 bits per heavy atom. The van der Waals surface area contributed by atoms with Gasteiger partial charge in [0.05, 0.1) is 0 Å². The molecule has 0 aliphatic rings. The first-order valence-electron chi connectivity index (χ1n) is 8.12. The summed E-state index contributed by atoms with van der Waals surface area (Å²) in [4.78, 5) is 35.1. The standard InChI is InChI=1S/C19H21N3O4/c20-18(24)16(11-14-7-3-1-4-8-14)22-17(23)12-21-19(25)26-13-15-9-5-2-6-10-15/h1-10,16H,11-13H2,(H2,20,24)(H,21,25)(H,22,23)/t16-/m1/s1. The Morgan fingerprint density at radius 3 is 2.08 bits per heavy atom. The predicted octanol–water partition coefficient (Wildman–Crippen LogP) is 1.13. The molecule has 1 atom stereocenters. The van der Waals surface area contributed by atoms with E-state index in [-0.39, 0.29) is 19.6 Å². The van der Waals surface area contributed by atoms with Crippen LogP contribution in [0, 0.1) is 0 Å². The van der Waals surface area contributed by atoms with Gasteiger partial charge in [-0.3, -0.25) is 9.59 Å². The van der Waals surface area contributed by atoms with Crippen molar-refractivity contribution in [3.63, 3.8) is 0 Å². The summed E-state index contributed by atoms with van der Waals surface area (Å²) in [6.45, 7) is -0.210. The minimum atomic E-state index is -0.855. The van der Waals surface area contributed by atoms with E-state index >= 15 is 0 Å². The fourth-order valence-electron chi connectivity index (χ4n) is 2.24. The number of carbonyl (C=O) groups excluding carboxylic acids is 3. The molecule has 0 fully saturated rings. The highest BCUT2D eigenvalue weighted by Gasteiger charge is 2.19. The molecule has 3 amide bonds. The lowest BCUT2D eigenvalue weighted by Crippen LogP contribution is -2.49. The second-order valence-electron chi connectivity index (χ2n) is 5.63. The van der Waals surface area contributed by atoms with Gasteiger partial charge in [-0.05, 0) is 11.1 Å². The summed E-state index contributed by atoms with van der Waals surface area (Å²) < 4.78 is 5.00. The number of primary amides is 1. The van der Waals surface area contributed by atoms with E-state index in [1.165, 1.54) is 0 Å². The zero-order chi connectivity index (χ0) is 18.8. The average Bonchev–Trinajstić information content (AvgIpc) is 2.66. The first-order valence-corrected chi connectivity index (χ1v) is 8.12. The molecule has 0 aliphatic heterocycles. The normalized spacial score (nSPS) is 11.2. The van der Waals surface area contributed by atoms with E-state index < -0.39 is 23.9 Å². The van der Waals surface area contributed by atoms with Crippen molar-refractivity contribution in [2.45, 2.75) is 19.1 Å². The van der Waals surface area contributed by atoms with Crippen LogP contribution in [-0.4, -0.2) is 30.5 Å². The molecule has 0 spiro atoms. The molecule has 7 heteroatoms. The van der Waals surface area contributed by atoms with Gasteiger partial charge in [-0.15, -0.1) is 0 Å². The summed E-state index contributed by atoms with van der Waals surface area (Å²) >= 11 is 0. The van der Waals surface area contributed by atoms with Crippen molar-refractivity contribution in [2.24, 2.45) is 5.73 Å². The molecule has 2 rings (SSSR count). The van der Waals surface area contributed by atoms with Crippen LogP contribution in [0.5, 0.6) is 0 Å². The van der Waals surface area contributed by atoms with Crippen LogP contribution in [-0.2, 0) is 27.4 Å². The molecule has 2 aromatic rings. The number of carbonyl (C=O) groups is 3. The van der Waals surface area contributed by atoms with Gasteiger partial charge in [0.2, 0.25) is 11.8 Å². The number of amides is 3. The van der Waals surface area contributed by atoms with Crippen LogP contribution < -0.4 is 16.4 Å². The Balaban J connectivity index is 1.75. The quantitative estimate of drug-likeness (QED) is 0.659. The average molecular weight is 355 g/mol. The molecular weight excluding hydrogens is 334 g/mol. The van der Waals surface area contributed by atoms with Crippen molar-refractivity contribution < 1.29 is 19.1 Å². The zero-order valence-corrected chi connectivity index (χ0v) is 14.2. The number of hydrogen-bond donors (Lipinski definition) is 3. The SMILES string of the molecule is NC(=O)[C@@H](Cc1ccccc1)NC(=O)CNC(=O)OCc1ccccc1. The van der Waals surface area contributed by atoms with Crippen molar-refractivity contribution in [1.82, 2.24) is 10.6 Å². The maximum absolute atomic E-state index is 11.9. The summed E-state index contributed by atoms with van der Waals surface area (Å²) in [6.07, 6.45) is -0.442. The number of nitrogens with one attached hydrogen (secondary N) is 2. The number of hydrogen-bond acceptors (Lipinski definition) is 4. The fourth-order valence-corrected chi connectivity index (χ4v) is 2.24. The Kier molecular flexibility index (Phi) is 7.17. The molecule has 26 heavy (non-hydrogen) atoms. The molecule has 0 aromatic heterocycles. The van der Waals surface area contributed by atoms with Gasteiger partial charge in [-0.2, -0.15) is 0 Å². The Morgan fingerprint density at radius 1 is 0.923 bits per heavy atom. The number of nitrogens with two attached hydrogens (primary N) is 1. The van der Waals surface area contributed by atoms with Crippen molar-refractivity contribution in [1.29, 1.82) is 0 Å². The van der Waals surface area contributed by atoms with Gasteiger partial charge < -0.3 is 21.1 Å². The lowest BCUT2D eigenvalue weighted by atomic mass is 10.1. The maximum Gasteiger partial charge on any atom is 0.407 e. The van der Waals surface area contributed by atoms with Crippen molar-refractivity contribution in [3.05, 3.63) is 71.8 Å². The minimum Gasteiger partial charge on any atom is -0.445 e. The number of benzene rings is 2. The molecule has 0 unspecified atom stereocenters. The third-order valence-electron chi connectivity index (χ3n) is 3.57. The molecule has 4 N–H and O–H groups in total.